The summed E-state index contributed by atoms with van der Waals surface area (Å²) >= 11 is 0. The van der Waals surface area contributed by atoms with Gasteiger partial charge in [0.2, 0.25) is 12.0 Å². The molecule has 124 valence electrons. The third-order valence-corrected chi connectivity index (χ3v) is 3.70. The van der Waals surface area contributed by atoms with Crippen LogP contribution in [0.5, 0.6) is 5.75 Å². The topological polar surface area (TPSA) is 67.4 Å². The molecule has 2 aromatic rings. The van der Waals surface area contributed by atoms with E-state index in [2.05, 4.69) is 10.6 Å². The SMILES string of the molecule is CC(C)CC(=O)Nc1ccc2c(c1)NC(=O)C(c1ccccc1)O2. The summed E-state index contributed by atoms with van der Waals surface area (Å²) < 4.78 is 5.83. The van der Waals surface area contributed by atoms with Gasteiger partial charge in [0.25, 0.3) is 5.91 Å². The first-order valence-electron chi connectivity index (χ1n) is 7.99. The van der Waals surface area contributed by atoms with E-state index in [1.807, 2.05) is 44.2 Å². The van der Waals surface area contributed by atoms with Gasteiger partial charge >= 0.3 is 0 Å². The normalized spacial score (nSPS) is 16.1. The van der Waals surface area contributed by atoms with Crippen molar-refractivity contribution in [3.63, 3.8) is 0 Å². The zero-order valence-electron chi connectivity index (χ0n) is 13.7. The molecule has 1 atom stereocenters. The lowest BCUT2D eigenvalue weighted by molar-refractivity contribution is -0.123. The molecule has 2 N–H and O–H groups in total. The number of anilines is 2. The molecular weight excluding hydrogens is 304 g/mol. The highest BCUT2D eigenvalue weighted by Gasteiger charge is 2.29. The van der Waals surface area contributed by atoms with E-state index in [4.69, 9.17) is 4.74 Å². The number of nitrogens with one attached hydrogen (secondary N) is 2. The molecule has 1 heterocycles. The molecule has 2 amide bonds. The average Bonchev–Trinajstić information content (AvgIpc) is 2.54. The number of benzene rings is 2. The third-order valence-electron chi connectivity index (χ3n) is 3.70. The number of rotatable bonds is 4. The Hall–Kier alpha value is -2.82. The standard InChI is InChI=1S/C19H20N2O3/c1-12(2)10-17(22)20-14-8-9-16-15(11-14)21-19(23)18(24-16)13-6-4-3-5-7-13/h3-9,11-12,18H,10H2,1-2H3,(H,20,22)(H,21,23). The highest BCUT2D eigenvalue weighted by atomic mass is 16.5. The zero-order valence-corrected chi connectivity index (χ0v) is 13.7. The molecule has 5 heteroatoms. The van der Waals surface area contributed by atoms with Crippen molar-refractivity contribution in [2.45, 2.75) is 26.4 Å². The third kappa shape index (κ3) is 3.56. The number of amides is 2. The van der Waals surface area contributed by atoms with Gasteiger partial charge < -0.3 is 15.4 Å². The number of hydrogen-bond acceptors (Lipinski definition) is 3. The van der Waals surface area contributed by atoms with Gasteiger partial charge in [-0.25, -0.2) is 0 Å². The second-order valence-corrected chi connectivity index (χ2v) is 6.25. The van der Waals surface area contributed by atoms with Gasteiger partial charge in [-0.15, -0.1) is 0 Å². The summed E-state index contributed by atoms with van der Waals surface area (Å²) in [5, 5.41) is 5.68. The van der Waals surface area contributed by atoms with Crippen molar-refractivity contribution in [1.82, 2.24) is 0 Å². The largest absolute Gasteiger partial charge is 0.474 e. The average molecular weight is 324 g/mol. The molecule has 0 saturated carbocycles. The Balaban J connectivity index is 1.77. The van der Waals surface area contributed by atoms with Gasteiger partial charge in [-0.1, -0.05) is 44.2 Å². The van der Waals surface area contributed by atoms with Crippen molar-refractivity contribution in [1.29, 1.82) is 0 Å². The van der Waals surface area contributed by atoms with Crippen molar-refractivity contribution in [3.05, 3.63) is 54.1 Å². The maximum absolute atomic E-state index is 12.3. The summed E-state index contributed by atoms with van der Waals surface area (Å²) in [4.78, 5) is 24.2. The van der Waals surface area contributed by atoms with Gasteiger partial charge in [-0.3, -0.25) is 9.59 Å². The summed E-state index contributed by atoms with van der Waals surface area (Å²) in [6.45, 7) is 3.98. The van der Waals surface area contributed by atoms with Crippen LogP contribution in [0.2, 0.25) is 0 Å². The maximum Gasteiger partial charge on any atom is 0.270 e. The van der Waals surface area contributed by atoms with Gasteiger partial charge in [0.05, 0.1) is 5.69 Å². The second-order valence-electron chi connectivity index (χ2n) is 6.25. The Labute approximate surface area is 141 Å². The van der Waals surface area contributed by atoms with Crippen molar-refractivity contribution >= 4 is 23.2 Å². The summed E-state index contributed by atoms with van der Waals surface area (Å²) in [7, 11) is 0. The molecule has 0 aromatic heterocycles. The number of fused-ring (bicyclic) bond motifs is 1. The Morgan fingerprint density at radius 3 is 2.67 bits per heavy atom. The van der Waals surface area contributed by atoms with Gasteiger partial charge in [-0.05, 0) is 24.1 Å². The molecule has 0 spiro atoms. The molecule has 0 saturated heterocycles. The Bertz CT molecular complexity index is 756. The van der Waals surface area contributed by atoms with Crippen LogP contribution in [0.15, 0.2) is 48.5 Å². The van der Waals surface area contributed by atoms with Crippen LogP contribution < -0.4 is 15.4 Å². The number of carbonyl (C=O) groups excluding carboxylic acids is 2. The quantitative estimate of drug-likeness (QED) is 0.900. The first-order chi connectivity index (χ1) is 11.5. The summed E-state index contributed by atoms with van der Waals surface area (Å²) in [6, 6.07) is 14.6. The Kier molecular flexibility index (Phi) is 4.51. The first-order valence-corrected chi connectivity index (χ1v) is 7.99. The van der Waals surface area contributed by atoms with E-state index < -0.39 is 6.10 Å². The lowest BCUT2D eigenvalue weighted by atomic mass is 10.1. The van der Waals surface area contributed by atoms with E-state index in [9.17, 15) is 9.59 Å². The van der Waals surface area contributed by atoms with E-state index >= 15 is 0 Å². The highest BCUT2D eigenvalue weighted by molar-refractivity contribution is 5.99. The molecule has 1 aliphatic rings. The monoisotopic (exact) mass is 324 g/mol. The molecule has 0 fully saturated rings. The molecule has 1 unspecified atom stereocenters. The lowest BCUT2D eigenvalue weighted by Gasteiger charge is -2.26. The van der Waals surface area contributed by atoms with Crippen LogP contribution in [0.25, 0.3) is 0 Å². The fourth-order valence-corrected chi connectivity index (χ4v) is 2.62. The smallest absolute Gasteiger partial charge is 0.270 e. The molecule has 5 nitrogen and oxygen atoms in total. The minimum atomic E-state index is -0.667. The van der Waals surface area contributed by atoms with Crippen molar-refractivity contribution in [2.75, 3.05) is 10.6 Å². The van der Waals surface area contributed by atoms with Crippen LogP contribution in [0.3, 0.4) is 0 Å². The molecule has 0 aliphatic carbocycles. The molecule has 0 bridgehead atoms. The molecule has 2 aromatic carbocycles. The predicted octanol–water partition coefficient (Wildman–Crippen LogP) is 3.74. The van der Waals surface area contributed by atoms with E-state index in [0.29, 0.717) is 23.5 Å². The van der Waals surface area contributed by atoms with Crippen molar-refractivity contribution in [2.24, 2.45) is 5.92 Å². The van der Waals surface area contributed by atoms with Crippen molar-refractivity contribution < 1.29 is 14.3 Å². The van der Waals surface area contributed by atoms with Crippen LogP contribution in [0.4, 0.5) is 11.4 Å². The molecule has 0 radical (unpaired) electrons. The van der Waals surface area contributed by atoms with Crippen molar-refractivity contribution in [3.8, 4) is 5.75 Å². The number of ether oxygens (including phenoxy) is 1. The van der Waals surface area contributed by atoms with Crippen LogP contribution in [-0.2, 0) is 9.59 Å². The van der Waals surface area contributed by atoms with Crippen LogP contribution in [0.1, 0.15) is 31.9 Å². The lowest BCUT2D eigenvalue weighted by Crippen LogP contribution is -2.30. The number of hydrogen-bond donors (Lipinski definition) is 2. The highest BCUT2D eigenvalue weighted by Crippen LogP contribution is 2.36. The van der Waals surface area contributed by atoms with E-state index in [1.54, 1.807) is 18.2 Å². The molecule has 24 heavy (non-hydrogen) atoms. The summed E-state index contributed by atoms with van der Waals surface area (Å²) in [5.41, 5.74) is 2.01. The first kappa shape index (κ1) is 16.1. The fourth-order valence-electron chi connectivity index (χ4n) is 2.62. The van der Waals surface area contributed by atoms with Gasteiger partial charge in [0, 0.05) is 17.7 Å². The maximum atomic E-state index is 12.3. The van der Waals surface area contributed by atoms with Crippen LogP contribution >= 0.6 is 0 Å². The zero-order chi connectivity index (χ0) is 17.1. The Morgan fingerprint density at radius 1 is 1.21 bits per heavy atom. The second kappa shape index (κ2) is 6.74. The summed E-state index contributed by atoms with van der Waals surface area (Å²) in [5.74, 6) is 0.608. The predicted molar refractivity (Wildman–Crippen MR) is 93.0 cm³/mol. The van der Waals surface area contributed by atoms with Gasteiger partial charge in [-0.2, -0.15) is 0 Å². The van der Waals surface area contributed by atoms with Gasteiger partial charge in [0.15, 0.2) is 0 Å². The van der Waals surface area contributed by atoms with Gasteiger partial charge in [0.1, 0.15) is 5.75 Å². The minimum Gasteiger partial charge on any atom is -0.474 e. The van der Waals surface area contributed by atoms with Crippen LogP contribution in [-0.4, -0.2) is 11.8 Å². The Morgan fingerprint density at radius 2 is 1.96 bits per heavy atom. The van der Waals surface area contributed by atoms with Crippen LogP contribution in [0, 0.1) is 5.92 Å². The molecular formula is C19H20N2O3. The van der Waals surface area contributed by atoms with E-state index in [0.717, 1.165) is 5.56 Å². The number of carbonyl (C=O) groups is 2. The van der Waals surface area contributed by atoms with E-state index in [-0.39, 0.29) is 17.7 Å². The molecule has 3 rings (SSSR count). The fraction of sp³-hybridized carbons (Fsp3) is 0.263. The molecule has 1 aliphatic heterocycles. The summed E-state index contributed by atoms with van der Waals surface area (Å²) in [6.07, 6.45) is -0.212. The minimum absolute atomic E-state index is 0.0461. The van der Waals surface area contributed by atoms with E-state index in [1.165, 1.54) is 0 Å².